The van der Waals surface area contributed by atoms with Crippen molar-refractivity contribution in [2.75, 3.05) is 6.61 Å². The van der Waals surface area contributed by atoms with Crippen LogP contribution in [0.1, 0.15) is 62.2 Å². The molecule has 1 aliphatic rings. The van der Waals surface area contributed by atoms with Gasteiger partial charge in [-0.3, -0.25) is 14.0 Å². The highest BCUT2D eigenvalue weighted by Gasteiger charge is 2.46. The van der Waals surface area contributed by atoms with Crippen LogP contribution in [0.3, 0.4) is 0 Å². The smallest absolute Gasteiger partial charge is 0.266 e. The lowest BCUT2D eigenvalue weighted by Crippen LogP contribution is -2.49. The van der Waals surface area contributed by atoms with Gasteiger partial charge in [-0.25, -0.2) is 4.98 Å². The summed E-state index contributed by atoms with van der Waals surface area (Å²) >= 11 is 1.30. The molecule has 160 valence electrons. The van der Waals surface area contributed by atoms with Gasteiger partial charge in [0.25, 0.3) is 11.5 Å². The minimum absolute atomic E-state index is 0.0373. The van der Waals surface area contributed by atoms with Crippen molar-refractivity contribution in [3.8, 4) is 0 Å². The van der Waals surface area contributed by atoms with Gasteiger partial charge in [0.2, 0.25) is 0 Å². The number of pyridine rings is 1. The third kappa shape index (κ3) is 3.44. The Morgan fingerprint density at radius 1 is 1.43 bits per heavy atom. The molecule has 0 unspecified atom stereocenters. The summed E-state index contributed by atoms with van der Waals surface area (Å²) in [5.41, 5.74) is 0.801. The van der Waals surface area contributed by atoms with Crippen molar-refractivity contribution in [2.45, 2.75) is 65.6 Å². The number of nitrogens with zero attached hydrogens (tertiary/aromatic N) is 3. The fourth-order valence-corrected chi connectivity index (χ4v) is 5.18. The molecule has 0 N–H and O–H groups in total. The summed E-state index contributed by atoms with van der Waals surface area (Å²) in [5, 5.41) is 0.489. The lowest BCUT2D eigenvalue weighted by molar-refractivity contribution is -0.0639. The van der Waals surface area contributed by atoms with Crippen molar-refractivity contribution in [3.05, 3.63) is 45.2 Å². The number of thiophene rings is 1. The molecule has 1 fully saturated rings. The Morgan fingerprint density at radius 2 is 2.20 bits per heavy atom. The number of fused-ring (bicyclic) bond motifs is 2. The molecule has 3 aromatic rings. The minimum Gasteiger partial charge on any atom is -0.354 e. The summed E-state index contributed by atoms with van der Waals surface area (Å²) in [4.78, 5) is 34.4. The van der Waals surface area contributed by atoms with Crippen LogP contribution in [-0.4, -0.2) is 38.6 Å². The second-order valence-electron chi connectivity index (χ2n) is 8.79. The van der Waals surface area contributed by atoms with Gasteiger partial charge in [-0.2, -0.15) is 0 Å². The first-order valence-corrected chi connectivity index (χ1v) is 11.5. The molecule has 2 atom stereocenters. The molecule has 0 saturated carbocycles. The minimum atomic E-state index is -0.623. The van der Waals surface area contributed by atoms with Gasteiger partial charge in [0.15, 0.2) is 0 Å². The highest BCUT2D eigenvalue weighted by atomic mass is 32.1. The highest BCUT2D eigenvalue weighted by molar-refractivity contribution is 7.20. The normalized spacial score (nSPS) is 21.9. The van der Waals surface area contributed by atoms with E-state index in [1.165, 1.54) is 11.3 Å². The predicted octanol–water partition coefficient (Wildman–Crippen LogP) is 4.62. The first-order chi connectivity index (χ1) is 14.2. The fraction of sp³-hybridized carbons (Fsp3) is 0.522. The number of aryl methyl sites for hydroxylation is 1. The van der Waals surface area contributed by atoms with E-state index in [0.29, 0.717) is 33.3 Å². The first-order valence-electron chi connectivity index (χ1n) is 10.6. The number of hydrogen-bond donors (Lipinski definition) is 0. The standard InChI is InChI=1S/C23H29N3O3S/c1-6-16-13-29-23(5,10-9-14(2)3)26(16)22(28)18-12-17-20(30-18)24-19-15(4)8-7-11-25(19)21(17)27/h7-8,11-12,14,16H,6,9-10,13H2,1-5H3/t16-,23+/m1/s1. The van der Waals surface area contributed by atoms with Crippen LogP contribution in [0.25, 0.3) is 15.9 Å². The second-order valence-corrected chi connectivity index (χ2v) is 9.82. The zero-order valence-corrected chi connectivity index (χ0v) is 19.1. The largest absolute Gasteiger partial charge is 0.354 e. The van der Waals surface area contributed by atoms with Crippen LogP contribution in [0.15, 0.2) is 29.2 Å². The average molecular weight is 428 g/mol. The molecule has 1 aliphatic heterocycles. The number of hydrogen-bond acceptors (Lipinski definition) is 5. The summed E-state index contributed by atoms with van der Waals surface area (Å²) in [7, 11) is 0. The molecule has 30 heavy (non-hydrogen) atoms. The molecule has 1 amide bonds. The molecule has 0 aliphatic carbocycles. The monoisotopic (exact) mass is 427 g/mol. The Labute approximate surface area is 180 Å². The quantitative estimate of drug-likeness (QED) is 0.596. The topological polar surface area (TPSA) is 63.9 Å². The maximum absolute atomic E-state index is 13.6. The maximum Gasteiger partial charge on any atom is 0.266 e. The summed E-state index contributed by atoms with van der Waals surface area (Å²) < 4.78 is 7.71. The molecule has 0 bridgehead atoms. The van der Waals surface area contributed by atoms with Crippen LogP contribution in [0, 0.1) is 12.8 Å². The Hall–Kier alpha value is -2.25. The summed E-state index contributed by atoms with van der Waals surface area (Å²) in [6.07, 6.45) is 4.33. The number of aromatic nitrogens is 2. The van der Waals surface area contributed by atoms with E-state index >= 15 is 0 Å². The van der Waals surface area contributed by atoms with Crippen LogP contribution in [0.5, 0.6) is 0 Å². The van der Waals surface area contributed by atoms with Gasteiger partial charge in [0.05, 0.1) is 22.9 Å². The van der Waals surface area contributed by atoms with Crippen LogP contribution >= 0.6 is 11.3 Å². The average Bonchev–Trinajstić information content (AvgIpc) is 3.29. The molecule has 0 spiro atoms. The fourth-order valence-electron chi connectivity index (χ4n) is 4.22. The van der Waals surface area contributed by atoms with Crippen LogP contribution in [0.2, 0.25) is 0 Å². The molecule has 4 heterocycles. The Kier molecular flexibility index (Phi) is 5.45. The maximum atomic E-state index is 13.6. The van der Waals surface area contributed by atoms with Gasteiger partial charge in [-0.05, 0) is 56.7 Å². The molecule has 3 aromatic heterocycles. The number of carbonyl (C=O) groups is 1. The first kappa shape index (κ1) is 21.0. The van der Waals surface area contributed by atoms with Gasteiger partial charge in [-0.1, -0.05) is 26.8 Å². The summed E-state index contributed by atoms with van der Waals surface area (Å²) in [5.74, 6) is 0.464. The van der Waals surface area contributed by atoms with E-state index in [0.717, 1.165) is 24.8 Å². The van der Waals surface area contributed by atoms with Gasteiger partial charge in [0.1, 0.15) is 16.2 Å². The van der Waals surface area contributed by atoms with Crippen LogP contribution < -0.4 is 5.56 Å². The molecule has 7 heteroatoms. The summed E-state index contributed by atoms with van der Waals surface area (Å²) in [6.45, 7) is 10.9. The van der Waals surface area contributed by atoms with E-state index in [-0.39, 0.29) is 17.5 Å². The predicted molar refractivity (Wildman–Crippen MR) is 120 cm³/mol. The van der Waals surface area contributed by atoms with Crippen LogP contribution in [-0.2, 0) is 4.74 Å². The van der Waals surface area contributed by atoms with Crippen molar-refractivity contribution in [1.82, 2.24) is 14.3 Å². The van der Waals surface area contributed by atoms with E-state index in [1.807, 2.05) is 30.9 Å². The van der Waals surface area contributed by atoms with Gasteiger partial charge >= 0.3 is 0 Å². The van der Waals surface area contributed by atoms with Crippen molar-refractivity contribution >= 4 is 33.1 Å². The van der Waals surface area contributed by atoms with E-state index < -0.39 is 5.72 Å². The molecule has 0 radical (unpaired) electrons. The third-order valence-corrected chi connectivity index (χ3v) is 7.10. The highest BCUT2D eigenvalue weighted by Crippen LogP contribution is 2.37. The lowest BCUT2D eigenvalue weighted by Gasteiger charge is -2.36. The zero-order valence-electron chi connectivity index (χ0n) is 18.3. The lowest BCUT2D eigenvalue weighted by atomic mass is 9.99. The molecule has 0 aromatic carbocycles. The van der Waals surface area contributed by atoms with Crippen LogP contribution in [0.4, 0.5) is 0 Å². The zero-order chi connectivity index (χ0) is 21.6. The number of carbonyl (C=O) groups excluding carboxylic acids is 1. The van der Waals surface area contributed by atoms with E-state index in [4.69, 9.17) is 4.74 Å². The van der Waals surface area contributed by atoms with E-state index in [1.54, 1.807) is 16.7 Å². The molecule has 6 nitrogen and oxygen atoms in total. The second kappa shape index (κ2) is 7.78. The van der Waals surface area contributed by atoms with E-state index in [2.05, 4.69) is 25.8 Å². The van der Waals surface area contributed by atoms with Crippen molar-refractivity contribution < 1.29 is 9.53 Å². The summed E-state index contributed by atoms with van der Waals surface area (Å²) in [6, 6.07) is 5.51. The van der Waals surface area contributed by atoms with Crippen molar-refractivity contribution in [2.24, 2.45) is 5.92 Å². The van der Waals surface area contributed by atoms with Gasteiger partial charge in [0, 0.05) is 6.20 Å². The number of ether oxygens (including phenoxy) is 1. The molecule has 1 saturated heterocycles. The number of amides is 1. The Bertz CT molecular complexity index is 1170. The number of rotatable bonds is 5. The van der Waals surface area contributed by atoms with Gasteiger partial charge in [-0.15, -0.1) is 11.3 Å². The molecular weight excluding hydrogens is 398 g/mol. The molecular formula is C23H29N3O3S. The van der Waals surface area contributed by atoms with Crippen molar-refractivity contribution in [3.63, 3.8) is 0 Å². The van der Waals surface area contributed by atoms with Gasteiger partial charge < -0.3 is 9.64 Å². The van der Waals surface area contributed by atoms with Crippen molar-refractivity contribution in [1.29, 1.82) is 0 Å². The van der Waals surface area contributed by atoms with E-state index in [9.17, 15) is 9.59 Å². The molecule has 4 rings (SSSR count). The SMILES string of the molecule is CC[C@@H]1CO[C@@](C)(CCC(C)C)N1C(=O)c1cc2c(=O)n3cccc(C)c3nc2s1. The third-order valence-electron chi connectivity index (χ3n) is 6.08. The Balaban J connectivity index is 1.77. The Morgan fingerprint density at radius 3 is 2.90 bits per heavy atom.